The first kappa shape index (κ1) is 12.7. The van der Waals surface area contributed by atoms with E-state index in [0.29, 0.717) is 0 Å². The van der Waals surface area contributed by atoms with E-state index in [-0.39, 0.29) is 11.9 Å². The highest BCUT2D eigenvalue weighted by atomic mass is 16.2. The number of amides is 1. The molecule has 3 N–H and O–H groups in total. The summed E-state index contributed by atoms with van der Waals surface area (Å²) in [5.74, 6) is 0.0720. The molecular weight excluding hydrogens is 200 g/mol. The number of rotatable bonds is 5. The number of carbonyl (C=O) groups excluding carboxylic acids is 1. The van der Waals surface area contributed by atoms with Crippen LogP contribution in [-0.4, -0.2) is 18.5 Å². The first-order valence-corrected chi connectivity index (χ1v) is 5.85. The van der Waals surface area contributed by atoms with Crippen molar-refractivity contribution in [2.45, 2.75) is 33.2 Å². The molecule has 0 bridgehead atoms. The molecule has 1 aromatic rings. The Balaban J connectivity index is 2.54. The van der Waals surface area contributed by atoms with Crippen molar-refractivity contribution in [2.24, 2.45) is 0 Å². The van der Waals surface area contributed by atoms with Gasteiger partial charge in [-0.25, -0.2) is 0 Å². The topological polar surface area (TPSA) is 45.7 Å². The molecule has 1 rings (SSSR count). The van der Waals surface area contributed by atoms with Crippen LogP contribution in [0, 0.1) is 6.92 Å². The van der Waals surface area contributed by atoms with E-state index in [1.54, 1.807) is 0 Å². The lowest BCUT2D eigenvalue weighted by Crippen LogP contribution is -2.91. The molecule has 0 aliphatic carbocycles. The molecule has 3 nitrogen and oxygen atoms in total. The summed E-state index contributed by atoms with van der Waals surface area (Å²) in [4.78, 5) is 11.8. The number of nitrogens with one attached hydrogen (secondary N) is 1. The van der Waals surface area contributed by atoms with Crippen molar-refractivity contribution in [3.8, 4) is 0 Å². The maximum absolute atomic E-state index is 11.8. The summed E-state index contributed by atoms with van der Waals surface area (Å²) in [7, 11) is 0. The molecule has 0 aliphatic heterocycles. The minimum atomic E-state index is -0.0282. The van der Waals surface area contributed by atoms with Gasteiger partial charge < -0.3 is 10.6 Å². The second-order valence-electron chi connectivity index (χ2n) is 4.12. The molecule has 0 saturated carbocycles. The van der Waals surface area contributed by atoms with Crippen LogP contribution in [0.15, 0.2) is 24.3 Å². The van der Waals surface area contributed by atoms with E-state index < -0.39 is 0 Å². The third-order valence-corrected chi connectivity index (χ3v) is 2.63. The smallest absolute Gasteiger partial charge is 0.282 e. The van der Waals surface area contributed by atoms with Crippen LogP contribution < -0.4 is 10.6 Å². The Morgan fingerprint density at radius 2 is 2.12 bits per heavy atom. The van der Waals surface area contributed by atoms with E-state index >= 15 is 0 Å². The normalized spacial score (nSPS) is 12.2. The van der Waals surface area contributed by atoms with Crippen molar-refractivity contribution in [3.05, 3.63) is 29.8 Å². The number of carbonyl (C=O) groups is 1. The van der Waals surface area contributed by atoms with Crippen molar-refractivity contribution in [2.75, 3.05) is 11.9 Å². The van der Waals surface area contributed by atoms with Gasteiger partial charge in [-0.3, -0.25) is 4.79 Å². The number of nitrogens with two attached hydrogens (primary N) is 1. The second kappa shape index (κ2) is 6.28. The molecule has 0 heterocycles. The zero-order valence-electron chi connectivity index (χ0n) is 10.3. The molecule has 0 saturated heterocycles. The summed E-state index contributed by atoms with van der Waals surface area (Å²) in [6, 6.07) is 7.80. The van der Waals surface area contributed by atoms with Crippen molar-refractivity contribution in [3.63, 3.8) is 0 Å². The van der Waals surface area contributed by atoms with Gasteiger partial charge in [-0.05, 0) is 31.9 Å². The number of hydrogen-bond acceptors (Lipinski definition) is 1. The zero-order chi connectivity index (χ0) is 12.0. The van der Waals surface area contributed by atoms with Gasteiger partial charge in [0, 0.05) is 5.69 Å². The molecule has 16 heavy (non-hydrogen) atoms. The molecule has 0 radical (unpaired) electrons. The summed E-state index contributed by atoms with van der Waals surface area (Å²) in [6.07, 6.45) is 1.09. The van der Waals surface area contributed by atoms with Gasteiger partial charge in [0.25, 0.3) is 5.91 Å². The van der Waals surface area contributed by atoms with Crippen LogP contribution in [0.4, 0.5) is 5.69 Å². The summed E-state index contributed by atoms with van der Waals surface area (Å²) in [6.45, 7) is 7.03. The molecule has 0 fully saturated rings. The predicted molar refractivity (Wildman–Crippen MR) is 66.4 cm³/mol. The Kier molecular flexibility index (Phi) is 4.99. The monoisotopic (exact) mass is 221 g/mol. The summed E-state index contributed by atoms with van der Waals surface area (Å²) < 4.78 is 0. The molecule has 1 amide bonds. The van der Waals surface area contributed by atoms with Crippen LogP contribution >= 0.6 is 0 Å². The zero-order valence-corrected chi connectivity index (χ0v) is 10.3. The van der Waals surface area contributed by atoms with Crippen LogP contribution in [0.5, 0.6) is 0 Å². The number of hydrogen-bond donors (Lipinski definition) is 2. The van der Waals surface area contributed by atoms with E-state index in [4.69, 9.17) is 0 Å². The largest absolute Gasteiger partial charge is 0.336 e. The molecule has 3 heteroatoms. The fraction of sp³-hybridized carbons (Fsp3) is 0.462. The number of benzene rings is 1. The molecule has 88 valence electrons. The Morgan fingerprint density at radius 3 is 2.75 bits per heavy atom. The maximum Gasteiger partial charge on any atom is 0.282 e. The molecule has 0 spiro atoms. The summed E-state index contributed by atoms with van der Waals surface area (Å²) >= 11 is 0. The lowest BCUT2D eigenvalue weighted by atomic mass is 10.2. The summed E-state index contributed by atoms with van der Waals surface area (Å²) in [5.41, 5.74) is 2.00. The lowest BCUT2D eigenvalue weighted by Gasteiger charge is -2.12. The van der Waals surface area contributed by atoms with Gasteiger partial charge in [-0.2, -0.15) is 0 Å². The van der Waals surface area contributed by atoms with E-state index in [9.17, 15) is 4.79 Å². The van der Waals surface area contributed by atoms with Crippen molar-refractivity contribution < 1.29 is 10.1 Å². The number of anilines is 1. The SMILES string of the molecule is CCC[NH2+][C@H](C)C(=O)Nc1ccccc1C. The molecular formula is C13H21N2O+. The Morgan fingerprint density at radius 1 is 1.44 bits per heavy atom. The third kappa shape index (κ3) is 3.66. The highest BCUT2D eigenvalue weighted by Crippen LogP contribution is 2.12. The van der Waals surface area contributed by atoms with Crippen molar-refractivity contribution in [1.29, 1.82) is 0 Å². The van der Waals surface area contributed by atoms with E-state index in [1.165, 1.54) is 0 Å². The Hall–Kier alpha value is -1.35. The molecule has 0 unspecified atom stereocenters. The number of aryl methyl sites for hydroxylation is 1. The highest BCUT2D eigenvalue weighted by Gasteiger charge is 2.15. The van der Waals surface area contributed by atoms with Gasteiger partial charge in [0.05, 0.1) is 6.54 Å². The van der Waals surface area contributed by atoms with Crippen LogP contribution in [0.2, 0.25) is 0 Å². The number of quaternary nitrogens is 1. The quantitative estimate of drug-likeness (QED) is 0.773. The molecule has 1 aromatic carbocycles. The summed E-state index contributed by atoms with van der Waals surface area (Å²) in [5, 5.41) is 5.01. The second-order valence-corrected chi connectivity index (χ2v) is 4.12. The van der Waals surface area contributed by atoms with Crippen LogP contribution in [0.1, 0.15) is 25.8 Å². The van der Waals surface area contributed by atoms with Gasteiger partial charge in [-0.1, -0.05) is 25.1 Å². The molecule has 0 aromatic heterocycles. The van der Waals surface area contributed by atoms with Crippen LogP contribution in [-0.2, 0) is 4.79 Å². The van der Waals surface area contributed by atoms with E-state index in [0.717, 1.165) is 24.2 Å². The fourth-order valence-corrected chi connectivity index (χ4v) is 1.48. The van der Waals surface area contributed by atoms with Gasteiger partial charge in [0.2, 0.25) is 0 Å². The molecule has 1 atom stereocenters. The average Bonchev–Trinajstić information content (AvgIpc) is 2.28. The van der Waals surface area contributed by atoms with Crippen LogP contribution in [0.3, 0.4) is 0 Å². The van der Waals surface area contributed by atoms with E-state index in [1.807, 2.05) is 38.1 Å². The minimum Gasteiger partial charge on any atom is -0.336 e. The van der Waals surface area contributed by atoms with Gasteiger partial charge in [0.15, 0.2) is 6.04 Å². The maximum atomic E-state index is 11.8. The first-order valence-electron chi connectivity index (χ1n) is 5.85. The standard InChI is InChI=1S/C13H20N2O/c1-4-9-14-11(3)13(16)15-12-8-6-5-7-10(12)2/h5-8,11,14H,4,9H2,1-3H3,(H,15,16)/p+1/t11-/m1/s1. The molecule has 0 aliphatic rings. The third-order valence-electron chi connectivity index (χ3n) is 2.63. The van der Waals surface area contributed by atoms with Gasteiger partial charge >= 0.3 is 0 Å². The fourth-order valence-electron chi connectivity index (χ4n) is 1.48. The lowest BCUT2D eigenvalue weighted by molar-refractivity contribution is -0.673. The van der Waals surface area contributed by atoms with Gasteiger partial charge in [0.1, 0.15) is 0 Å². The van der Waals surface area contributed by atoms with Crippen molar-refractivity contribution in [1.82, 2.24) is 0 Å². The highest BCUT2D eigenvalue weighted by molar-refractivity contribution is 5.94. The van der Waals surface area contributed by atoms with Crippen molar-refractivity contribution >= 4 is 11.6 Å². The predicted octanol–water partition coefficient (Wildman–Crippen LogP) is 1.30. The van der Waals surface area contributed by atoms with E-state index in [2.05, 4.69) is 17.6 Å². The Bertz CT molecular complexity index is 350. The number of para-hydroxylation sites is 1. The minimum absolute atomic E-state index is 0.0282. The first-order chi connectivity index (χ1) is 7.65. The van der Waals surface area contributed by atoms with Gasteiger partial charge in [-0.15, -0.1) is 0 Å². The average molecular weight is 221 g/mol. The Labute approximate surface area is 97.2 Å². The van der Waals surface area contributed by atoms with Crippen LogP contribution in [0.25, 0.3) is 0 Å².